The number of hydrogen-bond acceptors (Lipinski definition) is 4. The summed E-state index contributed by atoms with van der Waals surface area (Å²) in [5, 5.41) is 17.8. The van der Waals surface area contributed by atoms with Crippen molar-refractivity contribution in [3.63, 3.8) is 0 Å². The third-order valence-electron chi connectivity index (χ3n) is 7.92. The Morgan fingerprint density at radius 3 is 2.71 bits per heavy atom. The van der Waals surface area contributed by atoms with Gasteiger partial charge < -0.3 is 10.0 Å². The minimum Gasteiger partial charge on any atom is -0.390 e. The van der Waals surface area contributed by atoms with Crippen molar-refractivity contribution in [1.82, 2.24) is 19.7 Å². The molecule has 7 heteroatoms. The van der Waals surface area contributed by atoms with Crippen molar-refractivity contribution in [2.45, 2.75) is 82.8 Å². The third kappa shape index (κ3) is 3.02. The van der Waals surface area contributed by atoms with Crippen LogP contribution in [0.4, 0.5) is 0 Å². The minimum absolute atomic E-state index is 0.0146. The maximum absolute atomic E-state index is 13.3. The topological polar surface area (TPSA) is 91.2 Å². The van der Waals surface area contributed by atoms with Crippen LogP contribution in [0.2, 0.25) is 0 Å². The Morgan fingerprint density at radius 2 is 2.04 bits per heavy atom. The van der Waals surface area contributed by atoms with Crippen LogP contribution in [0, 0.1) is 17.3 Å². The number of likely N-dealkylation sites (tertiary alicyclic amines) is 1. The van der Waals surface area contributed by atoms with Gasteiger partial charge in [-0.25, -0.2) is 9.89 Å². The number of piperidine rings is 1. The van der Waals surface area contributed by atoms with Crippen LogP contribution in [-0.4, -0.2) is 49.4 Å². The zero-order valence-corrected chi connectivity index (χ0v) is 16.8. The molecule has 5 aliphatic rings. The maximum Gasteiger partial charge on any atom is 0.343 e. The lowest BCUT2D eigenvalue weighted by Gasteiger charge is -2.60. The third-order valence-corrected chi connectivity index (χ3v) is 7.92. The molecule has 1 amide bonds. The summed E-state index contributed by atoms with van der Waals surface area (Å²) in [6.07, 6.45) is 8.66. The molecule has 6 rings (SSSR count). The van der Waals surface area contributed by atoms with Crippen LogP contribution in [0.3, 0.4) is 0 Å². The summed E-state index contributed by atoms with van der Waals surface area (Å²) in [5.74, 6) is 2.36. The number of hydrogen-bond donors (Lipinski definition) is 2. The van der Waals surface area contributed by atoms with E-state index in [9.17, 15) is 14.7 Å². The van der Waals surface area contributed by atoms with Gasteiger partial charge in [-0.1, -0.05) is 0 Å². The van der Waals surface area contributed by atoms with Crippen molar-refractivity contribution in [3.8, 4) is 0 Å². The molecule has 2 heterocycles. The largest absolute Gasteiger partial charge is 0.390 e. The molecule has 0 aromatic carbocycles. The van der Waals surface area contributed by atoms with Gasteiger partial charge in [-0.05, 0) is 75.5 Å². The van der Waals surface area contributed by atoms with E-state index in [1.54, 1.807) is 4.57 Å². The number of aromatic nitrogens is 3. The number of aliphatic hydroxyl groups is 1. The van der Waals surface area contributed by atoms with E-state index in [4.69, 9.17) is 0 Å². The fourth-order valence-corrected chi connectivity index (χ4v) is 7.40. The number of aromatic amines is 1. The summed E-state index contributed by atoms with van der Waals surface area (Å²) >= 11 is 0. The highest BCUT2D eigenvalue weighted by molar-refractivity contribution is 5.77. The highest BCUT2D eigenvalue weighted by Crippen LogP contribution is 2.62. The molecule has 1 saturated heterocycles. The van der Waals surface area contributed by atoms with Gasteiger partial charge in [0.2, 0.25) is 5.91 Å². The van der Waals surface area contributed by atoms with Gasteiger partial charge in [0.1, 0.15) is 5.82 Å². The van der Waals surface area contributed by atoms with Gasteiger partial charge in [-0.2, -0.15) is 5.10 Å². The number of H-pyrrole nitrogens is 1. The van der Waals surface area contributed by atoms with Crippen LogP contribution < -0.4 is 5.69 Å². The summed E-state index contributed by atoms with van der Waals surface area (Å²) in [6, 6.07) is 0. The summed E-state index contributed by atoms with van der Waals surface area (Å²) in [5.41, 5.74) is -0.662. The molecule has 0 unspecified atom stereocenters. The average Bonchev–Trinajstić information content (AvgIpc) is 3.00. The number of amides is 1. The van der Waals surface area contributed by atoms with Crippen molar-refractivity contribution >= 4 is 5.91 Å². The molecule has 154 valence electrons. The van der Waals surface area contributed by atoms with E-state index in [0.29, 0.717) is 31.3 Å². The number of nitrogens with one attached hydrogen (secondary N) is 1. The first-order valence-electron chi connectivity index (χ1n) is 11.0. The first-order valence-corrected chi connectivity index (χ1v) is 11.0. The van der Waals surface area contributed by atoms with E-state index < -0.39 is 5.60 Å². The fourth-order valence-electron chi connectivity index (χ4n) is 7.40. The standard InChI is InChI=1S/C21H32N4O3/c1-2-25-18(22-23-19(25)27)16-4-3-5-24(12-16)17(26)11-20-7-14-6-15(8-20)10-21(28,9-14)13-20/h14-16,28H,2-13H2,1H3,(H,23,27)/t14-,15-,16-,20?,21?/m0/s1. The smallest absolute Gasteiger partial charge is 0.343 e. The molecule has 5 fully saturated rings. The Kier molecular flexibility index (Phi) is 4.23. The number of carbonyl (C=O) groups excluding carboxylic acids is 1. The van der Waals surface area contributed by atoms with Gasteiger partial charge in [0.25, 0.3) is 0 Å². The first kappa shape index (κ1) is 18.4. The van der Waals surface area contributed by atoms with Crippen molar-refractivity contribution in [3.05, 3.63) is 16.3 Å². The second kappa shape index (κ2) is 6.44. The molecule has 7 nitrogen and oxygen atoms in total. The van der Waals surface area contributed by atoms with Crippen molar-refractivity contribution in [2.24, 2.45) is 17.3 Å². The molecule has 1 aliphatic heterocycles. The molecule has 4 bridgehead atoms. The van der Waals surface area contributed by atoms with Gasteiger partial charge in [-0.15, -0.1) is 0 Å². The van der Waals surface area contributed by atoms with Gasteiger partial charge in [0, 0.05) is 32.0 Å². The van der Waals surface area contributed by atoms with Gasteiger partial charge in [0.15, 0.2) is 0 Å². The second-order valence-electron chi connectivity index (χ2n) is 10.2. The molecule has 28 heavy (non-hydrogen) atoms. The quantitative estimate of drug-likeness (QED) is 0.826. The SMILES string of the molecule is CCn1c([C@H]2CCCN(C(=O)CC34C[C@@H]5C[C@H](CC(O)(C5)C3)C4)C2)n[nH]c1=O. The van der Waals surface area contributed by atoms with E-state index in [1.165, 1.54) is 6.42 Å². The van der Waals surface area contributed by atoms with Gasteiger partial charge in [-0.3, -0.25) is 9.36 Å². The second-order valence-corrected chi connectivity index (χ2v) is 10.2. The molecule has 4 aliphatic carbocycles. The highest BCUT2D eigenvalue weighted by atomic mass is 16.3. The summed E-state index contributed by atoms with van der Waals surface area (Å²) in [7, 11) is 0. The highest BCUT2D eigenvalue weighted by Gasteiger charge is 2.57. The lowest BCUT2D eigenvalue weighted by atomic mass is 9.47. The molecule has 0 spiro atoms. The lowest BCUT2D eigenvalue weighted by molar-refractivity contribution is -0.172. The summed E-state index contributed by atoms with van der Waals surface area (Å²) in [4.78, 5) is 27.2. The first-order chi connectivity index (χ1) is 13.4. The maximum atomic E-state index is 13.3. The monoisotopic (exact) mass is 388 g/mol. The molecule has 1 aromatic heterocycles. The van der Waals surface area contributed by atoms with E-state index in [2.05, 4.69) is 10.2 Å². The molecular weight excluding hydrogens is 356 g/mol. The van der Waals surface area contributed by atoms with Crippen LogP contribution in [0.25, 0.3) is 0 Å². The predicted octanol–water partition coefficient (Wildman–Crippen LogP) is 2.02. The Hall–Kier alpha value is -1.63. The van der Waals surface area contributed by atoms with Crippen LogP contribution >= 0.6 is 0 Å². The van der Waals surface area contributed by atoms with E-state index in [1.807, 2.05) is 11.8 Å². The zero-order chi connectivity index (χ0) is 19.5. The normalized spacial score (nSPS) is 39.5. The number of nitrogens with zero attached hydrogens (tertiary/aromatic N) is 3. The van der Waals surface area contributed by atoms with Crippen LogP contribution in [0.5, 0.6) is 0 Å². The summed E-state index contributed by atoms with van der Waals surface area (Å²) < 4.78 is 1.69. The zero-order valence-electron chi connectivity index (χ0n) is 16.8. The van der Waals surface area contributed by atoms with Crippen molar-refractivity contribution in [2.75, 3.05) is 13.1 Å². The summed E-state index contributed by atoms with van der Waals surface area (Å²) in [6.45, 7) is 3.99. The van der Waals surface area contributed by atoms with Gasteiger partial charge >= 0.3 is 5.69 Å². The Morgan fingerprint density at radius 1 is 1.29 bits per heavy atom. The van der Waals surface area contributed by atoms with Crippen LogP contribution in [-0.2, 0) is 11.3 Å². The molecular formula is C21H32N4O3. The number of rotatable bonds is 4. The molecule has 2 N–H and O–H groups in total. The lowest BCUT2D eigenvalue weighted by Crippen LogP contribution is -2.57. The predicted molar refractivity (Wildman–Crippen MR) is 104 cm³/mol. The van der Waals surface area contributed by atoms with Crippen molar-refractivity contribution in [1.29, 1.82) is 0 Å². The van der Waals surface area contributed by atoms with Gasteiger partial charge in [0.05, 0.1) is 5.60 Å². The van der Waals surface area contributed by atoms with E-state index in [-0.39, 0.29) is 22.9 Å². The Labute approximate surface area is 165 Å². The Bertz CT molecular complexity index is 814. The molecule has 1 aromatic rings. The van der Waals surface area contributed by atoms with Crippen LogP contribution in [0.1, 0.15) is 76.5 Å². The van der Waals surface area contributed by atoms with Crippen LogP contribution in [0.15, 0.2) is 4.79 Å². The molecule has 0 radical (unpaired) electrons. The minimum atomic E-state index is -0.513. The van der Waals surface area contributed by atoms with E-state index in [0.717, 1.165) is 57.3 Å². The average molecular weight is 389 g/mol. The molecule has 3 atom stereocenters. The van der Waals surface area contributed by atoms with E-state index >= 15 is 0 Å². The Balaban J connectivity index is 1.30. The number of carbonyl (C=O) groups is 1. The van der Waals surface area contributed by atoms with Crippen molar-refractivity contribution < 1.29 is 9.90 Å². The fraction of sp³-hybridized carbons (Fsp3) is 0.857. The molecule has 4 saturated carbocycles.